The number of rotatable bonds is 7. The van der Waals surface area contributed by atoms with Crippen LogP contribution in [0, 0.1) is 11.3 Å². The molecule has 0 unspecified atom stereocenters. The minimum absolute atomic E-state index is 0.249. The van der Waals surface area contributed by atoms with E-state index in [1.54, 1.807) is 57.5 Å². The van der Waals surface area contributed by atoms with Crippen molar-refractivity contribution in [2.24, 2.45) is 5.10 Å². The van der Waals surface area contributed by atoms with Crippen LogP contribution in [0.2, 0.25) is 0 Å². The molecule has 7 heteroatoms. The Labute approximate surface area is 151 Å². The van der Waals surface area contributed by atoms with Gasteiger partial charge in [0.05, 0.1) is 25.5 Å². The highest BCUT2D eigenvalue weighted by molar-refractivity contribution is 5.99. The van der Waals surface area contributed by atoms with Gasteiger partial charge in [-0.3, -0.25) is 4.79 Å². The summed E-state index contributed by atoms with van der Waals surface area (Å²) in [5, 5.41) is 13.1. The van der Waals surface area contributed by atoms with Gasteiger partial charge in [0.25, 0.3) is 5.91 Å². The second-order valence-electron chi connectivity index (χ2n) is 5.20. The molecule has 0 spiro atoms. The molecule has 0 aliphatic carbocycles. The molecule has 0 fully saturated rings. The highest BCUT2D eigenvalue weighted by Crippen LogP contribution is 2.27. The van der Waals surface area contributed by atoms with Gasteiger partial charge in [-0.15, -0.1) is 0 Å². The number of methoxy groups -OCH3 is 2. The number of nitrogens with one attached hydrogen (secondary N) is 1. The van der Waals surface area contributed by atoms with Gasteiger partial charge in [0.2, 0.25) is 0 Å². The van der Waals surface area contributed by atoms with Crippen molar-refractivity contribution in [3.05, 3.63) is 53.6 Å². The maximum Gasteiger partial charge on any atom is 0.277 e. The number of amides is 1. The SMILES string of the molecule is COc1ccc(C(C)=NNC(=O)COc2ccccc2C#N)cc1OC. The first-order valence-corrected chi connectivity index (χ1v) is 7.76. The van der Waals surface area contributed by atoms with E-state index in [-0.39, 0.29) is 6.61 Å². The van der Waals surface area contributed by atoms with Gasteiger partial charge in [0.1, 0.15) is 11.8 Å². The topological polar surface area (TPSA) is 92.9 Å². The van der Waals surface area contributed by atoms with Crippen LogP contribution in [0.5, 0.6) is 17.2 Å². The zero-order valence-electron chi connectivity index (χ0n) is 14.8. The molecule has 0 bridgehead atoms. The van der Waals surface area contributed by atoms with Gasteiger partial charge in [-0.1, -0.05) is 12.1 Å². The van der Waals surface area contributed by atoms with Crippen molar-refractivity contribution in [2.45, 2.75) is 6.92 Å². The van der Waals surface area contributed by atoms with Crippen molar-refractivity contribution >= 4 is 11.6 Å². The van der Waals surface area contributed by atoms with Crippen molar-refractivity contribution in [1.29, 1.82) is 5.26 Å². The summed E-state index contributed by atoms with van der Waals surface area (Å²) in [6.07, 6.45) is 0. The number of benzene rings is 2. The van der Waals surface area contributed by atoms with Crippen LogP contribution < -0.4 is 19.6 Å². The van der Waals surface area contributed by atoms with Crippen LogP contribution in [-0.2, 0) is 4.79 Å². The number of nitriles is 1. The molecule has 0 saturated heterocycles. The predicted molar refractivity (Wildman–Crippen MR) is 96.6 cm³/mol. The summed E-state index contributed by atoms with van der Waals surface area (Å²) in [5.74, 6) is 1.10. The van der Waals surface area contributed by atoms with Crippen LogP contribution in [0.4, 0.5) is 0 Å². The molecule has 0 heterocycles. The van der Waals surface area contributed by atoms with Crippen LogP contribution in [0.25, 0.3) is 0 Å². The number of carbonyl (C=O) groups is 1. The molecule has 134 valence electrons. The van der Waals surface area contributed by atoms with Gasteiger partial charge in [-0.25, -0.2) is 5.43 Å². The van der Waals surface area contributed by atoms with Crippen molar-refractivity contribution in [3.8, 4) is 23.3 Å². The van der Waals surface area contributed by atoms with Gasteiger partial charge in [-0.2, -0.15) is 10.4 Å². The Kier molecular flexibility index (Phi) is 6.57. The summed E-state index contributed by atoms with van der Waals surface area (Å²) in [6.45, 7) is 1.51. The third-order valence-corrected chi connectivity index (χ3v) is 3.52. The normalized spacial score (nSPS) is 10.6. The number of carbonyl (C=O) groups excluding carboxylic acids is 1. The first kappa shape index (κ1) is 18.8. The summed E-state index contributed by atoms with van der Waals surface area (Å²) >= 11 is 0. The lowest BCUT2D eigenvalue weighted by Gasteiger charge is -2.10. The Morgan fingerprint density at radius 3 is 2.54 bits per heavy atom. The lowest BCUT2D eigenvalue weighted by Crippen LogP contribution is -2.25. The fourth-order valence-electron chi connectivity index (χ4n) is 2.13. The Morgan fingerprint density at radius 1 is 1.12 bits per heavy atom. The van der Waals surface area contributed by atoms with Crippen LogP contribution in [-0.4, -0.2) is 32.4 Å². The molecule has 0 radical (unpaired) electrons. The molecule has 26 heavy (non-hydrogen) atoms. The second kappa shape index (κ2) is 9.08. The summed E-state index contributed by atoms with van der Waals surface area (Å²) < 4.78 is 15.8. The van der Waals surface area contributed by atoms with Crippen LogP contribution in [0.3, 0.4) is 0 Å². The monoisotopic (exact) mass is 353 g/mol. The first-order chi connectivity index (χ1) is 12.6. The van der Waals surface area contributed by atoms with E-state index in [4.69, 9.17) is 19.5 Å². The fourth-order valence-corrected chi connectivity index (χ4v) is 2.13. The lowest BCUT2D eigenvalue weighted by atomic mass is 10.1. The third kappa shape index (κ3) is 4.74. The quantitative estimate of drug-likeness (QED) is 0.610. The lowest BCUT2D eigenvalue weighted by molar-refractivity contribution is -0.123. The Morgan fingerprint density at radius 2 is 1.85 bits per heavy atom. The van der Waals surface area contributed by atoms with E-state index in [0.717, 1.165) is 5.56 Å². The zero-order chi connectivity index (χ0) is 18.9. The van der Waals surface area contributed by atoms with E-state index in [9.17, 15) is 4.79 Å². The van der Waals surface area contributed by atoms with E-state index in [2.05, 4.69) is 10.5 Å². The zero-order valence-corrected chi connectivity index (χ0v) is 14.8. The van der Waals surface area contributed by atoms with Crippen molar-refractivity contribution < 1.29 is 19.0 Å². The number of hydrogen-bond acceptors (Lipinski definition) is 6. The smallest absolute Gasteiger partial charge is 0.277 e. The van der Waals surface area contributed by atoms with E-state index >= 15 is 0 Å². The first-order valence-electron chi connectivity index (χ1n) is 7.76. The van der Waals surface area contributed by atoms with E-state index in [1.165, 1.54) is 0 Å². The summed E-state index contributed by atoms with van der Waals surface area (Å²) in [7, 11) is 3.11. The molecule has 2 aromatic carbocycles. The molecule has 2 rings (SSSR count). The predicted octanol–water partition coefficient (Wildman–Crippen LogP) is 2.49. The molecule has 1 N–H and O–H groups in total. The van der Waals surface area contributed by atoms with Crippen LogP contribution in [0.15, 0.2) is 47.6 Å². The van der Waals surface area contributed by atoms with Gasteiger partial charge < -0.3 is 14.2 Å². The van der Waals surface area contributed by atoms with Crippen molar-refractivity contribution in [1.82, 2.24) is 5.43 Å². The maximum absolute atomic E-state index is 11.9. The third-order valence-electron chi connectivity index (χ3n) is 3.52. The minimum Gasteiger partial charge on any atom is -0.493 e. The maximum atomic E-state index is 11.9. The molecule has 0 atom stereocenters. The van der Waals surface area contributed by atoms with E-state index < -0.39 is 5.91 Å². The molecule has 0 aliphatic heterocycles. The molecule has 0 aromatic heterocycles. The number of ether oxygens (including phenoxy) is 3. The molecule has 7 nitrogen and oxygen atoms in total. The van der Waals surface area contributed by atoms with Gasteiger partial charge in [-0.05, 0) is 37.3 Å². The highest BCUT2D eigenvalue weighted by Gasteiger charge is 2.08. The summed E-state index contributed by atoms with van der Waals surface area (Å²) in [6, 6.07) is 14.0. The van der Waals surface area contributed by atoms with Crippen molar-refractivity contribution in [2.75, 3.05) is 20.8 Å². The second-order valence-corrected chi connectivity index (χ2v) is 5.20. The average Bonchev–Trinajstić information content (AvgIpc) is 2.69. The largest absolute Gasteiger partial charge is 0.493 e. The van der Waals surface area contributed by atoms with Gasteiger partial charge in [0.15, 0.2) is 18.1 Å². The van der Waals surface area contributed by atoms with Crippen molar-refractivity contribution in [3.63, 3.8) is 0 Å². The average molecular weight is 353 g/mol. The van der Waals surface area contributed by atoms with Crippen LogP contribution >= 0.6 is 0 Å². The van der Waals surface area contributed by atoms with E-state index in [0.29, 0.717) is 28.5 Å². The molecule has 0 aliphatic rings. The Hall–Kier alpha value is -3.53. The van der Waals surface area contributed by atoms with E-state index in [1.807, 2.05) is 12.1 Å². The molecule has 0 saturated carbocycles. The summed E-state index contributed by atoms with van der Waals surface area (Å²) in [4.78, 5) is 11.9. The number of nitrogens with zero attached hydrogens (tertiary/aromatic N) is 2. The standard InChI is InChI=1S/C19H19N3O4/c1-13(14-8-9-17(24-2)18(10-14)25-3)21-22-19(23)12-26-16-7-5-4-6-15(16)11-20/h4-10H,12H2,1-3H3,(H,22,23). The fraction of sp³-hybridized carbons (Fsp3) is 0.211. The number of hydrogen-bond donors (Lipinski definition) is 1. The Bertz CT molecular complexity index is 856. The Balaban J connectivity index is 1.98. The molecular formula is C19H19N3O4. The number of hydrazone groups is 1. The molecule has 1 amide bonds. The van der Waals surface area contributed by atoms with Gasteiger partial charge in [0, 0.05) is 5.56 Å². The highest BCUT2D eigenvalue weighted by atomic mass is 16.5. The molecule has 2 aromatic rings. The van der Waals surface area contributed by atoms with Gasteiger partial charge >= 0.3 is 0 Å². The van der Waals surface area contributed by atoms with Crippen LogP contribution in [0.1, 0.15) is 18.1 Å². The number of para-hydroxylation sites is 1. The summed E-state index contributed by atoms with van der Waals surface area (Å²) in [5.41, 5.74) is 4.16. The molecular weight excluding hydrogens is 334 g/mol. The minimum atomic E-state index is -0.433.